The smallest absolute Gasteiger partial charge is 0.161 e. The van der Waals surface area contributed by atoms with Gasteiger partial charge in [-0.05, 0) is 12.1 Å². The Kier molecular flexibility index (Phi) is 2.32. The van der Waals surface area contributed by atoms with Gasteiger partial charge in [-0.15, -0.1) is 0 Å². The second-order valence-electron chi connectivity index (χ2n) is 2.53. The van der Waals surface area contributed by atoms with Crippen LogP contribution in [0.4, 0.5) is 5.69 Å². The van der Waals surface area contributed by atoms with Crippen molar-refractivity contribution >= 4 is 22.6 Å². The Morgan fingerprint density at radius 1 is 1.25 bits per heavy atom. The van der Waals surface area contributed by atoms with E-state index in [0.717, 1.165) is 23.2 Å². The number of para-hydroxylation sites is 1. The van der Waals surface area contributed by atoms with E-state index in [2.05, 4.69) is 10.3 Å². The van der Waals surface area contributed by atoms with Crippen LogP contribution in [0.1, 0.15) is 0 Å². The number of amidine groups is 1. The van der Waals surface area contributed by atoms with Crippen LogP contribution >= 0.6 is 11.8 Å². The Bertz CT molecular complexity index is 282. The van der Waals surface area contributed by atoms with E-state index in [4.69, 9.17) is 0 Å². The molecule has 2 rings (SSSR count). The molecule has 62 valence electrons. The summed E-state index contributed by atoms with van der Waals surface area (Å²) in [6.45, 7) is 0.944. The zero-order chi connectivity index (χ0) is 8.23. The van der Waals surface area contributed by atoms with Gasteiger partial charge in [0, 0.05) is 11.4 Å². The summed E-state index contributed by atoms with van der Waals surface area (Å²) in [5.74, 6) is 1.11. The van der Waals surface area contributed by atoms with E-state index in [1.54, 1.807) is 11.8 Å². The molecule has 1 aromatic rings. The molecule has 1 heterocycles. The Morgan fingerprint density at radius 3 is 2.75 bits per heavy atom. The van der Waals surface area contributed by atoms with E-state index < -0.39 is 0 Å². The number of thioether (sulfide) groups is 1. The number of rotatable bonds is 1. The second kappa shape index (κ2) is 3.63. The lowest BCUT2D eigenvalue weighted by atomic mass is 10.3. The molecule has 12 heavy (non-hydrogen) atoms. The SMILES string of the molecule is c1ccc(NC2=NCCS2)cc1. The molecule has 0 fully saturated rings. The normalized spacial score (nSPS) is 15.8. The van der Waals surface area contributed by atoms with Crippen LogP contribution in [0.3, 0.4) is 0 Å². The summed E-state index contributed by atoms with van der Waals surface area (Å²) in [6, 6.07) is 10.1. The van der Waals surface area contributed by atoms with Gasteiger partial charge < -0.3 is 5.32 Å². The Morgan fingerprint density at radius 2 is 2.08 bits per heavy atom. The third-order valence-electron chi connectivity index (χ3n) is 1.61. The van der Waals surface area contributed by atoms with E-state index in [-0.39, 0.29) is 0 Å². The third-order valence-corrected chi connectivity index (χ3v) is 2.50. The quantitative estimate of drug-likeness (QED) is 0.713. The highest BCUT2D eigenvalue weighted by molar-refractivity contribution is 8.14. The minimum atomic E-state index is 0.944. The monoisotopic (exact) mass is 178 g/mol. The predicted octanol–water partition coefficient (Wildman–Crippen LogP) is 2.20. The second-order valence-corrected chi connectivity index (χ2v) is 3.61. The summed E-state index contributed by atoms with van der Waals surface area (Å²) in [6.07, 6.45) is 0. The van der Waals surface area contributed by atoms with Gasteiger partial charge in [-0.25, -0.2) is 0 Å². The highest BCUT2D eigenvalue weighted by Crippen LogP contribution is 2.14. The molecular weight excluding hydrogens is 168 g/mol. The van der Waals surface area contributed by atoms with Gasteiger partial charge in [-0.2, -0.15) is 0 Å². The van der Waals surface area contributed by atoms with Crippen molar-refractivity contribution in [1.82, 2.24) is 0 Å². The van der Waals surface area contributed by atoms with E-state index >= 15 is 0 Å². The molecule has 0 unspecified atom stereocenters. The van der Waals surface area contributed by atoms with Crippen LogP contribution in [-0.2, 0) is 0 Å². The van der Waals surface area contributed by atoms with Gasteiger partial charge in [0.1, 0.15) is 0 Å². The fourth-order valence-electron chi connectivity index (χ4n) is 1.06. The van der Waals surface area contributed by atoms with Gasteiger partial charge in [0.25, 0.3) is 0 Å². The van der Waals surface area contributed by atoms with E-state index in [0.29, 0.717) is 0 Å². The number of aliphatic imine (C=N–C) groups is 1. The van der Waals surface area contributed by atoms with Crippen LogP contribution in [0.2, 0.25) is 0 Å². The first-order chi connectivity index (χ1) is 5.95. The summed E-state index contributed by atoms with van der Waals surface area (Å²) in [5, 5.41) is 4.30. The molecular formula is C9H10N2S. The molecule has 3 heteroatoms. The summed E-state index contributed by atoms with van der Waals surface area (Å²) in [5.41, 5.74) is 1.12. The average Bonchev–Trinajstić information content (AvgIpc) is 2.59. The molecule has 0 atom stereocenters. The van der Waals surface area contributed by atoms with Crippen LogP contribution in [0.25, 0.3) is 0 Å². The number of anilines is 1. The van der Waals surface area contributed by atoms with Gasteiger partial charge in [0.15, 0.2) is 5.17 Å². The highest BCUT2D eigenvalue weighted by Gasteiger charge is 2.05. The number of nitrogens with zero attached hydrogens (tertiary/aromatic N) is 1. The summed E-state index contributed by atoms with van der Waals surface area (Å²) < 4.78 is 0. The van der Waals surface area contributed by atoms with Gasteiger partial charge in [-0.3, -0.25) is 4.99 Å². The maximum Gasteiger partial charge on any atom is 0.161 e. The summed E-state index contributed by atoms with van der Waals surface area (Å²) in [7, 11) is 0. The molecule has 2 nitrogen and oxygen atoms in total. The van der Waals surface area contributed by atoms with Crippen molar-refractivity contribution in [2.45, 2.75) is 0 Å². The first-order valence-electron chi connectivity index (χ1n) is 3.94. The van der Waals surface area contributed by atoms with Crippen molar-refractivity contribution in [3.05, 3.63) is 30.3 Å². The maximum absolute atomic E-state index is 4.30. The average molecular weight is 178 g/mol. The van der Waals surface area contributed by atoms with Gasteiger partial charge in [0.05, 0.1) is 6.54 Å². The van der Waals surface area contributed by atoms with Crippen molar-refractivity contribution < 1.29 is 0 Å². The topological polar surface area (TPSA) is 24.4 Å². The minimum absolute atomic E-state index is 0.944. The molecule has 0 spiro atoms. The lowest BCUT2D eigenvalue weighted by molar-refractivity contribution is 1.17. The molecule has 0 radical (unpaired) electrons. The molecule has 0 aromatic heterocycles. The molecule has 1 N–H and O–H groups in total. The number of hydrogen-bond acceptors (Lipinski definition) is 3. The van der Waals surface area contributed by atoms with Crippen molar-refractivity contribution in [1.29, 1.82) is 0 Å². The van der Waals surface area contributed by atoms with E-state index in [1.165, 1.54) is 0 Å². The summed E-state index contributed by atoms with van der Waals surface area (Å²) in [4.78, 5) is 4.30. The largest absolute Gasteiger partial charge is 0.335 e. The van der Waals surface area contributed by atoms with Gasteiger partial charge >= 0.3 is 0 Å². The van der Waals surface area contributed by atoms with Gasteiger partial charge in [-0.1, -0.05) is 30.0 Å². The Hall–Kier alpha value is -0.960. The fraction of sp³-hybridized carbons (Fsp3) is 0.222. The van der Waals surface area contributed by atoms with E-state index in [1.807, 2.05) is 30.3 Å². The van der Waals surface area contributed by atoms with Gasteiger partial charge in [0.2, 0.25) is 0 Å². The fourth-order valence-corrected chi connectivity index (χ4v) is 1.80. The summed E-state index contributed by atoms with van der Waals surface area (Å²) >= 11 is 1.78. The highest BCUT2D eigenvalue weighted by atomic mass is 32.2. The van der Waals surface area contributed by atoms with Crippen molar-refractivity contribution in [2.24, 2.45) is 4.99 Å². The molecule has 0 saturated carbocycles. The first kappa shape index (κ1) is 7.68. The Balaban J connectivity index is 2.04. The van der Waals surface area contributed by atoms with Crippen LogP contribution < -0.4 is 5.32 Å². The third kappa shape index (κ3) is 1.80. The van der Waals surface area contributed by atoms with Crippen LogP contribution in [0.5, 0.6) is 0 Å². The standard InChI is InChI=1S/C9H10N2S/c1-2-4-8(5-3-1)11-9-10-6-7-12-9/h1-5H,6-7H2,(H,10,11). The van der Waals surface area contributed by atoms with E-state index in [9.17, 15) is 0 Å². The first-order valence-corrected chi connectivity index (χ1v) is 4.93. The molecule has 0 bridgehead atoms. The Labute approximate surface area is 76.1 Å². The molecule has 1 aliphatic heterocycles. The molecule has 0 amide bonds. The zero-order valence-electron chi connectivity index (χ0n) is 6.66. The minimum Gasteiger partial charge on any atom is -0.335 e. The van der Waals surface area contributed by atoms with Crippen LogP contribution in [-0.4, -0.2) is 17.5 Å². The maximum atomic E-state index is 4.30. The lowest BCUT2D eigenvalue weighted by Gasteiger charge is -2.02. The van der Waals surface area contributed by atoms with Crippen molar-refractivity contribution in [2.75, 3.05) is 17.6 Å². The molecule has 0 saturated heterocycles. The molecule has 0 aliphatic carbocycles. The van der Waals surface area contributed by atoms with Crippen LogP contribution in [0.15, 0.2) is 35.3 Å². The molecule has 1 aliphatic rings. The zero-order valence-corrected chi connectivity index (χ0v) is 7.47. The van der Waals surface area contributed by atoms with Crippen LogP contribution in [0, 0.1) is 0 Å². The van der Waals surface area contributed by atoms with Crippen molar-refractivity contribution in [3.8, 4) is 0 Å². The number of benzene rings is 1. The van der Waals surface area contributed by atoms with Crippen molar-refractivity contribution in [3.63, 3.8) is 0 Å². The number of hydrogen-bond donors (Lipinski definition) is 1. The lowest BCUT2D eigenvalue weighted by Crippen LogP contribution is -2.03. The predicted molar refractivity (Wildman–Crippen MR) is 54.8 cm³/mol. The number of nitrogens with one attached hydrogen (secondary N) is 1. The molecule has 1 aromatic carbocycles.